The number of carbonyl (C=O) groups is 1. The monoisotopic (exact) mass is 340 g/mol. The third kappa shape index (κ3) is 3.99. The molecule has 0 saturated carbocycles. The number of allylic oxidation sites excluding steroid dienone is 1. The van der Waals surface area contributed by atoms with E-state index in [0.717, 1.165) is 10.5 Å². The number of rotatable bonds is 5. The second-order valence-corrected chi connectivity index (χ2v) is 5.58. The van der Waals surface area contributed by atoms with E-state index in [-0.39, 0.29) is 6.61 Å². The minimum Gasteiger partial charge on any atom is -0.479 e. The van der Waals surface area contributed by atoms with Crippen molar-refractivity contribution in [3.05, 3.63) is 35.4 Å². The topological polar surface area (TPSA) is 53.3 Å². The molecule has 1 unspecified atom stereocenters. The first-order valence-electron chi connectivity index (χ1n) is 6.98. The fourth-order valence-corrected chi connectivity index (χ4v) is 2.63. The van der Waals surface area contributed by atoms with Gasteiger partial charge in [-0.15, -0.1) is 11.6 Å². The number of halogens is 3. The summed E-state index contributed by atoms with van der Waals surface area (Å²) >= 11 is 5.89. The second kappa shape index (κ2) is 7.42. The number of nitriles is 1. The van der Waals surface area contributed by atoms with Gasteiger partial charge in [-0.05, 0) is 37.1 Å². The summed E-state index contributed by atoms with van der Waals surface area (Å²) in [5, 5.41) is 7.69. The molecule has 0 aromatic heterocycles. The van der Waals surface area contributed by atoms with Crippen LogP contribution < -0.4 is 4.74 Å². The van der Waals surface area contributed by atoms with Crippen LogP contribution >= 0.6 is 11.6 Å². The van der Waals surface area contributed by atoms with Gasteiger partial charge in [0.2, 0.25) is 5.91 Å². The zero-order valence-electron chi connectivity index (χ0n) is 12.4. The minimum absolute atomic E-state index is 0.0780. The Morgan fingerprint density at radius 2 is 2.26 bits per heavy atom. The molecule has 0 saturated heterocycles. The van der Waals surface area contributed by atoms with Gasteiger partial charge in [0, 0.05) is 11.3 Å². The molecular weight excluding hydrogens is 326 g/mol. The summed E-state index contributed by atoms with van der Waals surface area (Å²) in [6.07, 6.45) is -0.663. The Bertz CT molecular complexity index is 671. The lowest BCUT2D eigenvalue weighted by atomic mass is 9.99. The molecule has 0 spiro atoms. The maximum atomic E-state index is 12.8. The van der Waals surface area contributed by atoms with Gasteiger partial charge < -0.3 is 9.64 Å². The normalized spacial score (nSPS) is 17.9. The number of alkyl halides is 3. The molecule has 0 radical (unpaired) electrons. The van der Waals surface area contributed by atoms with Gasteiger partial charge in [-0.1, -0.05) is 6.08 Å². The first kappa shape index (κ1) is 17.2. The van der Waals surface area contributed by atoms with Gasteiger partial charge in [-0.3, -0.25) is 4.79 Å². The first-order chi connectivity index (χ1) is 10.9. The van der Waals surface area contributed by atoms with Gasteiger partial charge in [0.15, 0.2) is 6.61 Å². The van der Waals surface area contributed by atoms with Crippen molar-refractivity contribution in [2.45, 2.75) is 25.1 Å². The number of ether oxygens (including phenoxy) is 1. The van der Waals surface area contributed by atoms with Gasteiger partial charge in [0.05, 0.1) is 6.54 Å². The van der Waals surface area contributed by atoms with E-state index in [2.05, 4.69) is 0 Å². The van der Waals surface area contributed by atoms with Crippen LogP contribution in [0.4, 0.5) is 8.78 Å². The van der Waals surface area contributed by atoms with E-state index in [1.54, 1.807) is 31.2 Å². The van der Waals surface area contributed by atoms with Crippen LogP contribution in [0.25, 0.3) is 5.70 Å². The summed E-state index contributed by atoms with van der Waals surface area (Å²) in [6, 6.07) is 6.89. The van der Waals surface area contributed by atoms with Gasteiger partial charge in [0.1, 0.15) is 17.2 Å². The first-order valence-corrected chi connectivity index (χ1v) is 7.42. The van der Waals surface area contributed by atoms with Gasteiger partial charge >= 0.3 is 0 Å². The number of nitrogens with zero attached hydrogens (tertiary/aromatic N) is 2. The Kier molecular flexibility index (Phi) is 5.56. The fraction of sp³-hybridized carbons (Fsp3) is 0.375. The highest BCUT2D eigenvalue weighted by Gasteiger charge is 2.32. The van der Waals surface area contributed by atoms with E-state index in [1.807, 2.05) is 6.07 Å². The lowest BCUT2D eigenvalue weighted by molar-refractivity contribution is -0.129. The summed E-state index contributed by atoms with van der Waals surface area (Å²) in [5.41, 5.74) is 1.84. The maximum absolute atomic E-state index is 12.8. The second-order valence-electron chi connectivity index (χ2n) is 5.06. The van der Waals surface area contributed by atoms with Crippen molar-refractivity contribution in [2.75, 3.05) is 13.2 Å². The van der Waals surface area contributed by atoms with Crippen molar-refractivity contribution < 1.29 is 18.3 Å². The average Bonchev–Trinajstić information content (AvgIpc) is 2.50. The lowest BCUT2D eigenvalue weighted by Gasteiger charge is -2.31. The standard InChI is InChI=1S/C16H15ClF2N2O2/c1-10-8-11(23-7-6-20)2-3-12(10)14-5-4-13(17)16(22)21(14)9-15(18)19/h2-3,5,8,13,15H,4,7,9H2,1H3. The summed E-state index contributed by atoms with van der Waals surface area (Å²) in [5.74, 6) is -0.0140. The Balaban J connectivity index is 2.34. The number of hydrogen-bond donors (Lipinski definition) is 0. The largest absolute Gasteiger partial charge is 0.479 e. The average molecular weight is 341 g/mol. The van der Waals surface area contributed by atoms with Crippen molar-refractivity contribution in [1.82, 2.24) is 4.90 Å². The van der Waals surface area contributed by atoms with Crippen LogP contribution in [0.3, 0.4) is 0 Å². The lowest BCUT2D eigenvalue weighted by Crippen LogP contribution is -2.41. The van der Waals surface area contributed by atoms with Gasteiger partial charge in [0.25, 0.3) is 6.43 Å². The van der Waals surface area contributed by atoms with E-state index in [0.29, 0.717) is 23.4 Å². The molecule has 1 atom stereocenters. The summed E-state index contributed by atoms with van der Waals surface area (Å²) in [6.45, 7) is 1.01. The molecule has 7 heteroatoms. The molecule has 1 amide bonds. The highest BCUT2D eigenvalue weighted by molar-refractivity contribution is 6.31. The van der Waals surface area contributed by atoms with Gasteiger partial charge in [-0.25, -0.2) is 8.78 Å². The molecule has 4 nitrogen and oxygen atoms in total. The highest BCUT2D eigenvalue weighted by atomic mass is 35.5. The highest BCUT2D eigenvalue weighted by Crippen LogP contribution is 2.32. The molecule has 23 heavy (non-hydrogen) atoms. The molecular formula is C16H15ClF2N2O2. The Labute approximate surface area is 137 Å². The van der Waals surface area contributed by atoms with Crippen LogP contribution in [0, 0.1) is 18.3 Å². The van der Waals surface area contributed by atoms with E-state index >= 15 is 0 Å². The molecule has 0 fully saturated rings. The predicted octanol–water partition coefficient (Wildman–Crippen LogP) is 3.34. The number of aryl methyl sites for hydroxylation is 1. The van der Waals surface area contributed by atoms with Crippen molar-refractivity contribution in [3.63, 3.8) is 0 Å². The molecule has 2 rings (SSSR count). The van der Waals surface area contributed by atoms with E-state index in [9.17, 15) is 13.6 Å². The molecule has 1 aromatic carbocycles. The third-order valence-corrected chi connectivity index (χ3v) is 3.81. The zero-order chi connectivity index (χ0) is 17.0. The quantitative estimate of drug-likeness (QED) is 0.772. The van der Waals surface area contributed by atoms with Gasteiger partial charge in [-0.2, -0.15) is 5.26 Å². The SMILES string of the molecule is Cc1cc(OCC#N)ccc1C1=CCC(Cl)C(=O)N1CC(F)F. The molecule has 1 aromatic rings. The zero-order valence-corrected chi connectivity index (χ0v) is 13.2. The summed E-state index contributed by atoms with van der Waals surface area (Å²) in [4.78, 5) is 13.2. The van der Waals surface area contributed by atoms with E-state index in [1.165, 1.54) is 0 Å². The number of hydrogen-bond acceptors (Lipinski definition) is 3. The fourth-order valence-electron chi connectivity index (χ4n) is 2.42. The smallest absolute Gasteiger partial charge is 0.256 e. The van der Waals surface area contributed by atoms with Crippen molar-refractivity contribution in [2.24, 2.45) is 0 Å². The molecule has 0 aliphatic carbocycles. The van der Waals surface area contributed by atoms with Crippen LogP contribution in [-0.4, -0.2) is 35.8 Å². The van der Waals surface area contributed by atoms with Crippen molar-refractivity contribution in [1.29, 1.82) is 5.26 Å². The van der Waals surface area contributed by atoms with E-state index in [4.69, 9.17) is 21.6 Å². The van der Waals surface area contributed by atoms with Crippen molar-refractivity contribution in [3.8, 4) is 11.8 Å². The molecule has 0 bridgehead atoms. The minimum atomic E-state index is -2.65. The molecule has 1 aliphatic heterocycles. The Morgan fingerprint density at radius 3 is 2.87 bits per heavy atom. The van der Waals surface area contributed by atoms with Crippen LogP contribution in [-0.2, 0) is 4.79 Å². The molecule has 122 valence electrons. The third-order valence-electron chi connectivity index (χ3n) is 3.44. The van der Waals surface area contributed by atoms with Crippen LogP contribution in [0.5, 0.6) is 5.75 Å². The Morgan fingerprint density at radius 1 is 1.52 bits per heavy atom. The van der Waals surface area contributed by atoms with Crippen LogP contribution in [0.2, 0.25) is 0 Å². The molecule has 1 heterocycles. The molecule has 0 N–H and O–H groups in total. The van der Waals surface area contributed by atoms with Crippen LogP contribution in [0.1, 0.15) is 17.5 Å². The van der Waals surface area contributed by atoms with E-state index < -0.39 is 24.3 Å². The Hall–Kier alpha value is -2.13. The van der Waals surface area contributed by atoms with Crippen LogP contribution in [0.15, 0.2) is 24.3 Å². The van der Waals surface area contributed by atoms with Crippen molar-refractivity contribution >= 4 is 23.2 Å². The predicted molar refractivity (Wildman–Crippen MR) is 82.2 cm³/mol. The number of benzene rings is 1. The number of carbonyl (C=O) groups excluding carboxylic acids is 1. The summed E-state index contributed by atoms with van der Waals surface area (Å²) in [7, 11) is 0. The summed E-state index contributed by atoms with van der Waals surface area (Å²) < 4.78 is 30.8. The maximum Gasteiger partial charge on any atom is 0.256 e. The molecule has 1 aliphatic rings. The number of amides is 1.